The Morgan fingerprint density at radius 2 is 2.35 bits per heavy atom. The second kappa shape index (κ2) is 5.70. The summed E-state index contributed by atoms with van der Waals surface area (Å²) >= 11 is 1.86. The highest BCUT2D eigenvalue weighted by atomic mass is 32.2. The van der Waals surface area contributed by atoms with Crippen molar-refractivity contribution in [2.75, 3.05) is 18.0 Å². The number of nitrogens with one attached hydrogen (secondary N) is 1. The van der Waals surface area contributed by atoms with E-state index in [1.807, 2.05) is 11.8 Å². The predicted molar refractivity (Wildman–Crippen MR) is 79.9 cm³/mol. The average molecular weight is 295 g/mol. The van der Waals surface area contributed by atoms with Crippen molar-refractivity contribution in [1.29, 1.82) is 0 Å². The van der Waals surface area contributed by atoms with Crippen LogP contribution in [0.15, 0.2) is 18.2 Å². The maximum absolute atomic E-state index is 12.0. The van der Waals surface area contributed by atoms with Crippen molar-refractivity contribution in [3.8, 4) is 0 Å². The van der Waals surface area contributed by atoms with Crippen LogP contribution in [0.4, 0.5) is 11.4 Å². The lowest BCUT2D eigenvalue weighted by atomic mass is 10.1. The second-order valence-electron chi connectivity index (χ2n) is 5.12. The summed E-state index contributed by atoms with van der Waals surface area (Å²) in [5, 5.41) is 13.5. The van der Waals surface area contributed by atoms with Gasteiger partial charge in [-0.05, 0) is 37.7 Å². The summed E-state index contributed by atoms with van der Waals surface area (Å²) in [6.45, 7) is 2.72. The van der Waals surface area contributed by atoms with E-state index in [4.69, 9.17) is 5.73 Å². The molecular weight excluding hydrogens is 278 g/mol. The van der Waals surface area contributed by atoms with E-state index in [1.54, 1.807) is 0 Å². The van der Waals surface area contributed by atoms with Crippen molar-refractivity contribution in [3.05, 3.63) is 33.9 Å². The molecule has 20 heavy (non-hydrogen) atoms. The van der Waals surface area contributed by atoms with Crippen LogP contribution in [0.5, 0.6) is 0 Å². The van der Waals surface area contributed by atoms with Crippen LogP contribution >= 0.6 is 11.8 Å². The number of anilines is 1. The molecule has 1 amide bonds. The smallest absolute Gasteiger partial charge is 0.292 e. The number of hydrogen-bond acceptors (Lipinski definition) is 5. The number of nitro groups is 1. The number of amides is 1. The maximum Gasteiger partial charge on any atom is 0.292 e. The van der Waals surface area contributed by atoms with Crippen LogP contribution in [-0.4, -0.2) is 27.9 Å². The van der Waals surface area contributed by atoms with Gasteiger partial charge in [0.05, 0.1) is 4.92 Å². The van der Waals surface area contributed by atoms with Crippen molar-refractivity contribution >= 4 is 29.0 Å². The first-order chi connectivity index (χ1) is 9.41. The lowest BCUT2D eigenvalue weighted by molar-refractivity contribution is -0.383. The van der Waals surface area contributed by atoms with E-state index in [0.29, 0.717) is 12.1 Å². The van der Waals surface area contributed by atoms with Gasteiger partial charge in [-0.2, -0.15) is 11.8 Å². The first-order valence-electron chi connectivity index (χ1n) is 6.37. The maximum atomic E-state index is 12.0. The molecule has 1 aromatic carbocycles. The van der Waals surface area contributed by atoms with E-state index >= 15 is 0 Å². The molecule has 0 aromatic heterocycles. The van der Waals surface area contributed by atoms with Crippen LogP contribution in [0.1, 0.15) is 30.1 Å². The molecule has 1 aromatic rings. The zero-order valence-corrected chi connectivity index (χ0v) is 12.0. The van der Waals surface area contributed by atoms with Crippen LogP contribution in [0.3, 0.4) is 0 Å². The standard InChI is InChI=1S/C13H17N3O3S/c1-13(5-2-6-20-13)8-15-12(17)9-3-4-11(16(18)19)10(14)7-9/h3-4,7H,2,5-6,8,14H2,1H3,(H,15,17). The third kappa shape index (κ3) is 3.22. The molecular formula is C13H17N3O3S. The fourth-order valence-electron chi connectivity index (χ4n) is 2.21. The van der Waals surface area contributed by atoms with Crippen LogP contribution in [-0.2, 0) is 0 Å². The lowest BCUT2D eigenvalue weighted by Gasteiger charge is -2.22. The Bertz CT molecular complexity index is 542. The highest BCUT2D eigenvalue weighted by Gasteiger charge is 2.29. The first kappa shape index (κ1) is 14.6. The normalized spacial score (nSPS) is 21.6. The molecule has 1 fully saturated rings. The Hall–Kier alpha value is -1.76. The zero-order chi connectivity index (χ0) is 14.8. The Morgan fingerprint density at radius 3 is 2.90 bits per heavy atom. The topological polar surface area (TPSA) is 98.3 Å². The molecule has 1 atom stereocenters. The van der Waals surface area contributed by atoms with Gasteiger partial charge in [0, 0.05) is 22.9 Å². The molecule has 0 saturated carbocycles. The molecule has 3 N–H and O–H groups in total. The minimum atomic E-state index is -0.562. The molecule has 1 unspecified atom stereocenters. The van der Waals surface area contributed by atoms with E-state index in [-0.39, 0.29) is 22.0 Å². The molecule has 108 valence electrons. The molecule has 1 aliphatic heterocycles. The van der Waals surface area contributed by atoms with Crippen LogP contribution in [0.2, 0.25) is 0 Å². The number of nitrogen functional groups attached to an aromatic ring is 1. The van der Waals surface area contributed by atoms with Crippen molar-refractivity contribution < 1.29 is 9.72 Å². The Kier molecular flexibility index (Phi) is 4.17. The van der Waals surface area contributed by atoms with Crippen molar-refractivity contribution in [2.45, 2.75) is 24.5 Å². The molecule has 6 nitrogen and oxygen atoms in total. The Balaban J connectivity index is 2.02. The highest BCUT2D eigenvalue weighted by Crippen LogP contribution is 2.37. The second-order valence-corrected chi connectivity index (χ2v) is 6.80. The predicted octanol–water partition coefficient (Wildman–Crippen LogP) is 2.19. The summed E-state index contributed by atoms with van der Waals surface area (Å²) in [7, 11) is 0. The van der Waals surface area contributed by atoms with Gasteiger partial charge in [0.15, 0.2) is 0 Å². The van der Waals surface area contributed by atoms with Gasteiger partial charge in [0.25, 0.3) is 11.6 Å². The number of carbonyl (C=O) groups excluding carboxylic acids is 1. The molecule has 0 spiro atoms. The van der Waals surface area contributed by atoms with Crippen LogP contribution < -0.4 is 11.1 Å². The van der Waals surface area contributed by atoms with Gasteiger partial charge in [0.2, 0.25) is 0 Å². The van der Waals surface area contributed by atoms with E-state index in [9.17, 15) is 14.9 Å². The van der Waals surface area contributed by atoms with Gasteiger partial charge in [-0.25, -0.2) is 0 Å². The number of carbonyl (C=O) groups is 1. The fraction of sp³-hybridized carbons (Fsp3) is 0.462. The minimum Gasteiger partial charge on any atom is -0.393 e. The Labute approximate surface area is 121 Å². The largest absolute Gasteiger partial charge is 0.393 e. The number of rotatable bonds is 4. The number of nitrogens with zero attached hydrogens (tertiary/aromatic N) is 1. The molecule has 1 heterocycles. The van der Waals surface area contributed by atoms with Crippen molar-refractivity contribution in [2.24, 2.45) is 0 Å². The van der Waals surface area contributed by atoms with Gasteiger partial charge in [0.1, 0.15) is 5.69 Å². The summed E-state index contributed by atoms with van der Waals surface area (Å²) in [4.78, 5) is 22.1. The molecule has 0 bridgehead atoms. The van der Waals surface area contributed by atoms with E-state index in [0.717, 1.165) is 12.2 Å². The zero-order valence-electron chi connectivity index (χ0n) is 11.2. The molecule has 1 aliphatic rings. The van der Waals surface area contributed by atoms with Gasteiger partial charge >= 0.3 is 0 Å². The van der Waals surface area contributed by atoms with Crippen LogP contribution in [0.25, 0.3) is 0 Å². The average Bonchev–Trinajstić information content (AvgIpc) is 2.83. The quantitative estimate of drug-likeness (QED) is 0.504. The number of thioether (sulfide) groups is 1. The van der Waals surface area contributed by atoms with Gasteiger partial charge in [-0.1, -0.05) is 0 Å². The monoisotopic (exact) mass is 295 g/mol. The molecule has 0 radical (unpaired) electrons. The summed E-state index contributed by atoms with van der Waals surface area (Å²) in [5.74, 6) is 0.872. The lowest BCUT2D eigenvalue weighted by Crippen LogP contribution is -2.36. The number of nitrogens with two attached hydrogens (primary N) is 1. The first-order valence-corrected chi connectivity index (χ1v) is 7.36. The van der Waals surface area contributed by atoms with Gasteiger partial charge in [-0.15, -0.1) is 0 Å². The van der Waals surface area contributed by atoms with Crippen LogP contribution in [0, 0.1) is 10.1 Å². The highest BCUT2D eigenvalue weighted by molar-refractivity contribution is 8.00. The number of nitro benzene ring substituents is 1. The van der Waals surface area contributed by atoms with Gasteiger partial charge in [-0.3, -0.25) is 14.9 Å². The molecule has 1 saturated heterocycles. The number of hydrogen-bond donors (Lipinski definition) is 2. The summed E-state index contributed by atoms with van der Waals surface area (Å²) in [6.07, 6.45) is 2.25. The SMILES string of the molecule is CC1(CNC(=O)c2ccc([N+](=O)[O-])c(N)c2)CCCS1. The van der Waals surface area contributed by atoms with Gasteiger partial charge < -0.3 is 11.1 Å². The van der Waals surface area contributed by atoms with Crippen molar-refractivity contribution in [1.82, 2.24) is 5.32 Å². The summed E-state index contributed by atoms with van der Waals surface area (Å²) in [6, 6.07) is 4.03. The minimum absolute atomic E-state index is 0.00380. The van der Waals surface area contributed by atoms with E-state index < -0.39 is 4.92 Å². The third-order valence-electron chi connectivity index (χ3n) is 3.41. The van der Waals surface area contributed by atoms with E-state index in [1.165, 1.54) is 24.6 Å². The third-order valence-corrected chi connectivity index (χ3v) is 4.95. The number of benzene rings is 1. The molecule has 7 heteroatoms. The molecule has 0 aliphatic carbocycles. The molecule has 2 rings (SSSR count). The van der Waals surface area contributed by atoms with Crippen molar-refractivity contribution in [3.63, 3.8) is 0 Å². The summed E-state index contributed by atoms with van der Waals surface area (Å²) < 4.78 is 0.0853. The van der Waals surface area contributed by atoms with E-state index in [2.05, 4.69) is 12.2 Å². The Morgan fingerprint density at radius 1 is 1.60 bits per heavy atom. The fourth-order valence-corrected chi connectivity index (χ4v) is 3.45. The summed E-state index contributed by atoms with van der Waals surface area (Å²) in [5.41, 5.74) is 5.75.